The molecule has 5 heteroatoms. The minimum Gasteiger partial charge on any atom is -0.444 e. The van der Waals surface area contributed by atoms with Crippen molar-refractivity contribution in [3.8, 4) is 0 Å². The lowest BCUT2D eigenvalue weighted by Gasteiger charge is -2.10. The highest BCUT2D eigenvalue weighted by molar-refractivity contribution is 5.90. The Bertz CT molecular complexity index is 1200. The summed E-state index contributed by atoms with van der Waals surface area (Å²) in [6, 6.07) is 20.4. The van der Waals surface area contributed by atoms with Gasteiger partial charge in [-0.05, 0) is 41.0 Å². The van der Waals surface area contributed by atoms with Gasteiger partial charge in [0.05, 0.1) is 0 Å². The van der Waals surface area contributed by atoms with Crippen LogP contribution in [-0.2, 0) is 11.3 Å². The molecule has 0 aliphatic heterocycles. The third kappa shape index (κ3) is 3.53. The summed E-state index contributed by atoms with van der Waals surface area (Å²) < 4.78 is 10.6. The van der Waals surface area contributed by atoms with E-state index >= 15 is 0 Å². The number of ether oxygens (including phenoxy) is 1. The van der Waals surface area contributed by atoms with Crippen LogP contribution in [0.2, 0.25) is 0 Å². The standard InChI is InChI=1S/C22H17NO4/c1-14-11-21(24)27-20-12-17(9-10-18(14)20)23-22(25)26-13-16-7-4-6-15-5-2-3-8-19(15)16/h2-12H,13H2,1H3,(H,23,25). The molecule has 1 aromatic heterocycles. The van der Waals surface area contributed by atoms with Crippen molar-refractivity contribution in [2.75, 3.05) is 5.32 Å². The SMILES string of the molecule is Cc1cc(=O)oc2cc(NC(=O)OCc3cccc4ccccc34)ccc12. The second kappa shape index (κ2) is 6.96. The van der Waals surface area contributed by atoms with Crippen LogP contribution in [0.3, 0.4) is 0 Å². The van der Waals surface area contributed by atoms with Crippen molar-refractivity contribution in [3.63, 3.8) is 0 Å². The van der Waals surface area contributed by atoms with Crippen LogP contribution in [0.4, 0.5) is 10.5 Å². The Balaban J connectivity index is 1.49. The van der Waals surface area contributed by atoms with Crippen LogP contribution in [0.1, 0.15) is 11.1 Å². The van der Waals surface area contributed by atoms with Crippen LogP contribution in [0.15, 0.2) is 75.9 Å². The van der Waals surface area contributed by atoms with Crippen LogP contribution in [0.5, 0.6) is 0 Å². The molecular formula is C22H17NO4. The zero-order chi connectivity index (χ0) is 18.8. The van der Waals surface area contributed by atoms with Gasteiger partial charge >= 0.3 is 11.7 Å². The van der Waals surface area contributed by atoms with Crippen molar-refractivity contribution < 1.29 is 13.9 Å². The van der Waals surface area contributed by atoms with Gasteiger partial charge in [-0.2, -0.15) is 0 Å². The summed E-state index contributed by atoms with van der Waals surface area (Å²) in [6.07, 6.45) is -0.572. The Morgan fingerprint density at radius 2 is 1.81 bits per heavy atom. The van der Waals surface area contributed by atoms with Crippen molar-refractivity contribution in [3.05, 3.63) is 88.3 Å². The Labute approximate surface area is 155 Å². The maximum absolute atomic E-state index is 12.2. The monoisotopic (exact) mass is 359 g/mol. The summed E-state index contributed by atoms with van der Waals surface area (Å²) in [4.78, 5) is 23.7. The van der Waals surface area contributed by atoms with Gasteiger partial charge in [-0.25, -0.2) is 9.59 Å². The molecule has 0 fully saturated rings. The quantitative estimate of drug-likeness (QED) is 0.523. The van der Waals surface area contributed by atoms with Crippen LogP contribution >= 0.6 is 0 Å². The second-order valence-electron chi connectivity index (χ2n) is 6.30. The summed E-state index contributed by atoms with van der Waals surface area (Å²) in [5.41, 5.74) is 2.26. The lowest BCUT2D eigenvalue weighted by molar-refractivity contribution is 0.155. The summed E-state index contributed by atoms with van der Waals surface area (Å²) in [5, 5.41) is 5.64. The molecular weight excluding hydrogens is 342 g/mol. The molecule has 0 unspecified atom stereocenters. The average Bonchev–Trinajstić information content (AvgIpc) is 2.66. The zero-order valence-electron chi connectivity index (χ0n) is 14.7. The molecule has 134 valence electrons. The molecule has 3 aromatic carbocycles. The normalized spacial score (nSPS) is 10.9. The minimum atomic E-state index is -0.572. The topological polar surface area (TPSA) is 68.5 Å². The maximum Gasteiger partial charge on any atom is 0.411 e. The van der Waals surface area contributed by atoms with Crippen molar-refractivity contribution in [1.29, 1.82) is 0 Å². The first kappa shape index (κ1) is 16.8. The Kier molecular flexibility index (Phi) is 4.34. The molecule has 0 saturated carbocycles. The van der Waals surface area contributed by atoms with E-state index in [4.69, 9.17) is 9.15 Å². The average molecular weight is 359 g/mol. The van der Waals surface area contributed by atoms with Gasteiger partial charge in [-0.15, -0.1) is 0 Å². The largest absolute Gasteiger partial charge is 0.444 e. The van der Waals surface area contributed by atoms with E-state index in [-0.39, 0.29) is 6.61 Å². The van der Waals surface area contributed by atoms with E-state index in [1.165, 1.54) is 6.07 Å². The number of nitrogens with one attached hydrogen (secondary N) is 1. The smallest absolute Gasteiger partial charge is 0.411 e. The predicted octanol–water partition coefficient (Wildman–Crippen LogP) is 5.00. The number of rotatable bonds is 3. The highest BCUT2D eigenvalue weighted by Gasteiger charge is 2.08. The van der Waals surface area contributed by atoms with Crippen LogP contribution in [-0.4, -0.2) is 6.09 Å². The predicted molar refractivity (Wildman–Crippen MR) is 105 cm³/mol. The molecule has 4 aromatic rings. The third-order valence-corrected chi connectivity index (χ3v) is 4.44. The Morgan fingerprint density at radius 1 is 1.00 bits per heavy atom. The lowest BCUT2D eigenvalue weighted by atomic mass is 10.1. The maximum atomic E-state index is 12.2. The van der Waals surface area contributed by atoms with Crippen LogP contribution in [0.25, 0.3) is 21.7 Å². The van der Waals surface area contributed by atoms with Gasteiger partial charge in [-0.1, -0.05) is 42.5 Å². The number of carbonyl (C=O) groups excluding carboxylic acids is 1. The van der Waals surface area contributed by atoms with Crippen LogP contribution in [0, 0.1) is 6.92 Å². The van der Waals surface area contributed by atoms with Gasteiger partial charge in [-0.3, -0.25) is 5.32 Å². The van der Waals surface area contributed by atoms with E-state index in [1.807, 2.05) is 49.4 Å². The molecule has 0 saturated heterocycles. The number of hydrogen-bond acceptors (Lipinski definition) is 4. The van der Waals surface area contributed by atoms with Gasteiger partial charge in [0.25, 0.3) is 0 Å². The fourth-order valence-electron chi connectivity index (χ4n) is 3.12. The molecule has 1 amide bonds. The molecule has 1 N–H and O–H groups in total. The van der Waals surface area contributed by atoms with Crippen molar-refractivity contribution in [2.45, 2.75) is 13.5 Å². The third-order valence-electron chi connectivity index (χ3n) is 4.44. The minimum absolute atomic E-state index is 0.162. The Hall–Kier alpha value is -3.60. The van der Waals surface area contributed by atoms with Gasteiger partial charge in [0, 0.05) is 23.2 Å². The number of anilines is 1. The lowest BCUT2D eigenvalue weighted by Crippen LogP contribution is -2.13. The highest BCUT2D eigenvalue weighted by atomic mass is 16.5. The number of carbonyl (C=O) groups is 1. The number of fused-ring (bicyclic) bond motifs is 2. The first-order valence-electron chi connectivity index (χ1n) is 8.55. The highest BCUT2D eigenvalue weighted by Crippen LogP contribution is 2.22. The molecule has 0 aliphatic carbocycles. The molecule has 0 spiro atoms. The number of amides is 1. The van der Waals surface area contributed by atoms with Gasteiger partial charge in [0.1, 0.15) is 12.2 Å². The van der Waals surface area contributed by atoms with Gasteiger partial charge in [0.15, 0.2) is 0 Å². The number of aryl methyl sites for hydroxylation is 1. The summed E-state index contributed by atoms with van der Waals surface area (Å²) in [6.45, 7) is 2.00. The Morgan fingerprint density at radius 3 is 2.70 bits per heavy atom. The van der Waals surface area contributed by atoms with Crippen molar-refractivity contribution in [2.24, 2.45) is 0 Å². The summed E-state index contributed by atoms with van der Waals surface area (Å²) in [7, 11) is 0. The zero-order valence-corrected chi connectivity index (χ0v) is 14.7. The molecule has 0 aliphatic rings. The van der Waals surface area contributed by atoms with E-state index in [0.29, 0.717) is 11.3 Å². The first-order chi connectivity index (χ1) is 13.1. The number of hydrogen-bond donors (Lipinski definition) is 1. The molecule has 0 bridgehead atoms. The molecule has 0 atom stereocenters. The number of benzene rings is 3. The van der Waals surface area contributed by atoms with Crippen molar-refractivity contribution >= 4 is 33.5 Å². The van der Waals surface area contributed by atoms with E-state index in [2.05, 4.69) is 5.32 Å². The molecule has 0 radical (unpaired) electrons. The van der Waals surface area contributed by atoms with E-state index in [0.717, 1.165) is 27.3 Å². The van der Waals surface area contributed by atoms with Gasteiger partial charge in [0.2, 0.25) is 0 Å². The second-order valence-corrected chi connectivity index (χ2v) is 6.30. The van der Waals surface area contributed by atoms with E-state index < -0.39 is 11.7 Å². The fraction of sp³-hybridized carbons (Fsp3) is 0.0909. The van der Waals surface area contributed by atoms with E-state index in [1.54, 1.807) is 18.2 Å². The molecule has 27 heavy (non-hydrogen) atoms. The van der Waals surface area contributed by atoms with Crippen molar-refractivity contribution in [1.82, 2.24) is 0 Å². The van der Waals surface area contributed by atoms with Gasteiger partial charge < -0.3 is 9.15 Å². The summed E-state index contributed by atoms with van der Waals surface area (Å²) >= 11 is 0. The first-order valence-corrected chi connectivity index (χ1v) is 8.55. The molecule has 1 heterocycles. The summed E-state index contributed by atoms with van der Waals surface area (Å²) in [5.74, 6) is 0. The fourth-order valence-corrected chi connectivity index (χ4v) is 3.12. The molecule has 5 nitrogen and oxygen atoms in total. The molecule has 4 rings (SSSR count). The van der Waals surface area contributed by atoms with Crippen LogP contribution < -0.4 is 10.9 Å². The van der Waals surface area contributed by atoms with E-state index in [9.17, 15) is 9.59 Å².